The van der Waals surface area contributed by atoms with Crippen molar-refractivity contribution in [2.75, 3.05) is 0 Å². The summed E-state index contributed by atoms with van der Waals surface area (Å²) in [4.78, 5) is 7.42. The van der Waals surface area contributed by atoms with Gasteiger partial charge in [0.2, 0.25) is 0 Å². The normalized spacial score (nSPS) is 20.7. The first-order chi connectivity index (χ1) is 6.40. The summed E-state index contributed by atoms with van der Waals surface area (Å²) in [6.45, 7) is 0. The maximum absolute atomic E-state index is 8.48. The molecule has 1 aliphatic rings. The third-order valence-electron chi connectivity index (χ3n) is 2.75. The van der Waals surface area contributed by atoms with Gasteiger partial charge in [0.1, 0.15) is 0 Å². The molecule has 0 spiro atoms. The fourth-order valence-electron chi connectivity index (χ4n) is 1.99. The molecule has 1 heterocycles. The van der Waals surface area contributed by atoms with E-state index in [1.807, 2.05) is 0 Å². The van der Waals surface area contributed by atoms with Crippen LogP contribution in [0.4, 0.5) is 0 Å². The molecule has 0 amide bonds. The van der Waals surface area contributed by atoms with Crippen LogP contribution >= 0.6 is 0 Å². The number of aryl methyl sites for hydroxylation is 1. The third-order valence-corrected chi connectivity index (χ3v) is 2.75. The largest absolute Gasteiger partial charge is 0.348 e. The molecule has 0 saturated carbocycles. The van der Waals surface area contributed by atoms with Gasteiger partial charge in [0, 0.05) is 12.1 Å². The van der Waals surface area contributed by atoms with Crippen LogP contribution in [0.2, 0.25) is 0 Å². The number of nitriles is 1. The van der Waals surface area contributed by atoms with E-state index < -0.39 is 0 Å². The third kappa shape index (κ3) is 1.72. The summed E-state index contributed by atoms with van der Waals surface area (Å²) in [6.07, 6.45) is 6.85. The monoisotopic (exact) mass is 175 g/mol. The molecule has 68 valence electrons. The van der Waals surface area contributed by atoms with E-state index in [0.717, 1.165) is 19.3 Å². The summed E-state index contributed by atoms with van der Waals surface area (Å²) < 4.78 is 0. The van der Waals surface area contributed by atoms with Gasteiger partial charge in [-0.3, -0.25) is 0 Å². The number of H-pyrrole nitrogens is 1. The number of hydrogen-bond acceptors (Lipinski definition) is 2. The van der Waals surface area contributed by atoms with Gasteiger partial charge in [-0.1, -0.05) is 0 Å². The highest BCUT2D eigenvalue weighted by atomic mass is 14.9. The predicted octanol–water partition coefficient (Wildman–Crippen LogP) is 1.82. The quantitative estimate of drug-likeness (QED) is 0.745. The second kappa shape index (κ2) is 3.61. The van der Waals surface area contributed by atoms with Crippen molar-refractivity contribution in [2.24, 2.45) is 5.92 Å². The lowest BCUT2D eigenvalue weighted by atomic mass is 9.87. The average molecular weight is 175 g/mol. The van der Waals surface area contributed by atoms with Gasteiger partial charge < -0.3 is 4.98 Å². The number of nitrogens with one attached hydrogen (secondary N) is 1. The Morgan fingerprint density at radius 2 is 2.62 bits per heavy atom. The second-order valence-electron chi connectivity index (χ2n) is 3.63. The van der Waals surface area contributed by atoms with Crippen molar-refractivity contribution in [1.82, 2.24) is 9.97 Å². The molecule has 0 radical (unpaired) electrons. The fraction of sp³-hybridized carbons (Fsp3) is 0.600. The highest BCUT2D eigenvalue weighted by molar-refractivity contribution is 5.15. The van der Waals surface area contributed by atoms with E-state index in [2.05, 4.69) is 16.0 Å². The Bertz CT molecular complexity index is 321. The van der Waals surface area contributed by atoms with E-state index in [4.69, 9.17) is 5.26 Å². The van der Waals surface area contributed by atoms with Crippen LogP contribution in [0, 0.1) is 17.2 Å². The van der Waals surface area contributed by atoms with Gasteiger partial charge in [-0.2, -0.15) is 5.26 Å². The SMILES string of the molecule is N#CCCC1CCc2nc[nH]c2C1. The van der Waals surface area contributed by atoms with Crippen molar-refractivity contribution in [2.45, 2.75) is 32.1 Å². The lowest BCUT2D eigenvalue weighted by Gasteiger charge is -2.19. The van der Waals surface area contributed by atoms with Crippen molar-refractivity contribution < 1.29 is 0 Å². The minimum atomic E-state index is 0.688. The van der Waals surface area contributed by atoms with E-state index in [1.165, 1.54) is 17.8 Å². The van der Waals surface area contributed by atoms with Crippen molar-refractivity contribution in [3.05, 3.63) is 17.7 Å². The summed E-state index contributed by atoms with van der Waals surface area (Å²) >= 11 is 0. The van der Waals surface area contributed by atoms with Crippen molar-refractivity contribution >= 4 is 0 Å². The second-order valence-corrected chi connectivity index (χ2v) is 3.63. The number of hydrogen-bond donors (Lipinski definition) is 1. The Labute approximate surface area is 77.8 Å². The van der Waals surface area contributed by atoms with Gasteiger partial charge in [-0.15, -0.1) is 0 Å². The molecule has 0 aliphatic heterocycles. The van der Waals surface area contributed by atoms with E-state index in [-0.39, 0.29) is 0 Å². The maximum Gasteiger partial charge on any atom is 0.0925 e. The molecule has 0 fully saturated rings. The van der Waals surface area contributed by atoms with Crippen molar-refractivity contribution in [3.63, 3.8) is 0 Å². The standard InChI is InChI=1S/C10H13N3/c11-5-1-2-8-3-4-9-10(6-8)13-7-12-9/h7-8H,1-4,6H2,(H,12,13). The Balaban J connectivity index is 1.97. The van der Waals surface area contributed by atoms with E-state index in [9.17, 15) is 0 Å². The molecule has 13 heavy (non-hydrogen) atoms. The molecule has 2 rings (SSSR count). The van der Waals surface area contributed by atoms with Crippen LogP contribution in [-0.4, -0.2) is 9.97 Å². The predicted molar refractivity (Wildman–Crippen MR) is 48.9 cm³/mol. The van der Waals surface area contributed by atoms with Gasteiger partial charge in [0.15, 0.2) is 0 Å². The summed E-state index contributed by atoms with van der Waals surface area (Å²) in [7, 11) is 0. The minimum absolute atomic E-state index is 0.688. The molecule has 1 aromatic rings. The molecule has 1 N–H and O–H groups in total. The van der Waals surface area contributed by atoms with Crippen LogP contribution < -0.4 is 0 Å². The number of aromatic amines is 1. The van der Waals surface area contributed by atoms with Crippen LogP contribution in [0.5, 0.6) is 0 Å². The smallest absolute Gasteiger partial charge is 0.0925 e. The van der Waals surface area contributed by atoms with Gasteiger partial charge >= 0.3 is 0 Å². The minimum Gasteiger partial charge on any atom is -0.348 e. The number of aromatic nitrogens is 2. The molecule has 1 aromatic heterocycles. The van der Waals surface area contributed by atoms with Crippen LogP contribution in [0.15, 0.2) is 6.33 Å². The van der Waals surface area contributed by atoms with Gasteiger partial charge in [-0.25, -0.2) is 4.98 Å². The van der Waals surface area contributed by atoms with Crippen LogP contribution in [0.1, 0.15) is 30.7 Å². The number of fused-ring (bicyclic) bond motifs is 1. The molecule has 3 nitrogen and oxygen atoms in total. The van der Waals surface area contributed by atoms with Crippen molar-refractivity contribution in [1.29, 1.82) is 5.26 Å². The van der Waals surface area contributed by atoms with Gasteiger partial charge in [0.25, 0.3) is 0 Å². The summed E-state index contributed by atoms with van der Waals surface area (Å²) in [5, 5.41) is 8.48. The molecule has 1 unspecified atom stereocenters. The summed E-state index contributed by atoms with van der Waals surface area (Å²) in [5.41, 5.74) is 2.52. The Kier molecular flexibility index (Phi) is 2.31. The van der Waals surface area contributed by atoms with Gasteiger partial charge in [-0.05, 0) is 31.6 Å². The van der Waals surface area contributed by atoms with Crippen molar-refractivity contribution in [3.8, 4) is 6.07 Å². The summed E-state index contributed by atoms with van der Waals surface area (Å²) in [6, 6.07) is 2.21. The summed E-state index contributed by atoms with van der Waals surface area (Å²) in [5.74, 6) is 0.688. The first-order valence-electron chi connectivity index (χ1n) is 4.78. The zero-order valence-corrected chi connectivity index (χ0v) is 7.58. The van der Waals surface area contributed by atoms with E-state index in [0.29, 0.717) is 12.3 Å². The van der Waals surface area contributed by atoms with Crippen LogP contribution in [0.25, 0.3) is 0 Å². The van der Waals surface area contributed by atoms with Gasteiger partial charge in [0.05, 0.1) is 18.1 Å². The number of rotatable bonds is 2. The van der Waals surface area contributed by atoms with Crippen LogP contribution in [-0.2, 0) is 12.8 Å². The molecule has 0 aromatic carbocycles. The Hall–Kier alpha value is -1.30. The van der Waals surface area contributed by atoms with E-state index in [1.54, 1.807) is 6.33 Å². The van der Waals surface area contributed by atoms with E-state index >= 15 is 0 Å². The molecular formula is C10H13N3. The lowest BCUT2D eigenvalue weighted by molar-refractivity contribution is 0.425. The zero-order valence-electron chi connectivity index (χ0n) is 7.58. The Morgan fingerprint density at radius 1 is 1.69 bits per heavy atom. The molecular weight excluding hydrogens is 162 g/mol. The number of imidazole rings is 1. The fourth-order valence-corrected chi connectivity index (χ4v) is 1.99. The highest BCUT2D eigenvalue weighted by Crippen LogP contribution is 2.25. The first kappa shape index (κ1) is 8.31. The molecule has 0 saturated heterocycles. The molecule has 0 bridgehead atoms. The van der Waals surface area contributed by atoms with Crippen LogP contribution in [0.3, 0.4) is 0 Å². The number of nitrogens with zero attached hydrogens (tertiary/aromatic N) is 2. The maximum atomic E-state index is 8.48. The molecule has 3 heteroatoms. The highest BCUT2D eigenvalue weighted by Gasteiger charge is 2.19. The topological polar surface area (TPSA) is 52.5 Å². The lowest BCUT2D eigenvalue weighted by Crippen LogP contribution is -2.13. The average Bonchev–Trinajstić information content (AvgIpc) is 2.61. The molecule has 1 aliphatic carbocycles. The Morgan fingerprint density at radius 3 is 3.46 bits per heavy atom. The first-order valence-corrected chi connectivity index (χ1v) is 4.78. The zero-order chi connectivity index (χ0) is 9.10. The molecule has 1 atom stereocenters.